The van der Waals surface area contributed by atoms with Crippen LogP contribution in [0.4, 0.5) is 0 Å². The highest BCUT2D eigenvalue weighted by Gasteiger charge is 2.00. The van der Waals surface area contributed by atoms with Crippen molar-refractivity contribution >= 4 is 11.3 Å². The Bertz CT molecular complexity index is 631. The molecule has 0 aliphatic carbocycles. The smallest absolute Gasteiger partial charge is 0.106 e. The van der Waals surface area contributed by atoms with Crippen LogP contribution in [-0.2, 0) is 19.6 Å². The van der Waals surface area contributed by atoms with Gasteiger partial charge in [0.2, 0.25) is 0 Å². The van der Waals surface area contributed by atoms with Gasteiger partial charge in [-0.1, -0.05) is 30.3 Å². The minimum atomic E-state index is 0.807. The van der Waals surface area contributed by atoms with Crippen molar-refractivity contribution in [3.8, 4) is 0 Å². The highest BCUT2D eigenvalue weighted by molar-refractivity contribution is 7.09. The van der Waals surface area contributed by atoms with Crippen LogP contribution in [0.3, 0.4) is 0 Å². The van der Waals surface area contributed by atoms with Crippen LogP contribution in [-0.4, -0.2) is 14.8 Å². The molecule has 0 fully saturated rings. The standard InChI is InChI=1S/C15H16N4S/c1-2-4-13(5-3-1)11-19-12-14(9-18-19)8-16-10-15-17-6-7-20-15/h1-7,9,12,16H,8,10-11H2. The molecule has 2 aromatic heterocycles. The molecule has 0 saturated carbocycles. The zero-order chi connectivity index (χ0) is 13.6. The van der Waals surface area contributed by atoms with Gasteiger partial charge in [0.05, 0.1) is 12.7 Å². The van der Waals surface area contributed by atoms with Gasteiger partial charge in [-0.2, -0.15) is 5.10 Å². The van der Waals surface area contributed by atoms with E-state index in [-0.39, 0.29) is 0 Å². The van der Waals surface area contributed by atoms with Crippen molar-refractivity contribution < 1.29 is 0 Å². The SMILES string of the molecule is c1ccc(Cn2cc(CNCc3nccs3)cn2)cc1. The molecule has 0 radical (unpaired) electrons. The van der Waals surface area contributed by atoms with Gasteiger partial charge in [0.25, 0.3) is 0 Å². The van der Waals surface area contributed by atoms with Crippen LogP contribution in [0, 0.1) is 0 Å². The van der Waals surface area contributed by atoms with Crippen molar-refractivity contribution in [1.29, 1.82) is 0 Å². The number of hydrogen-bond acceptors (Lipinski definition) is 4. The zero-order valence-corrected chi connectivity index (χ0v) is 11.9. The maximum atomic E-state index is 4.39. The maximum absolute atomic E-state index is 4.39. The van der Waals surface area contributed by atoms with Gasteiger partial charge in [-0.15, -0.1) is 11.3 Å². The van der Waals surface area contributed by atoms with Crippen molar-refractivity contribution in [2.45, 2.75) is 19.6 Å². The van der Waals surface area contributed by atoms with Gasteiger partial charge >= 0.3 is 0 Å². The van der Waals surface area contributed by atoms with Gasteiger partial charge in [-0.05, 0) is 5.56 Å². The molecule has 3 rings (SSSR count). The third kappa shape index (κ3) is 3.53. The topological polar surface area (TPSA) is 42.7 Å². The molecule has 1 aromatic carbocycles. The van der Waals surface area contributed by atoms with Crippen LogP contribution >= 0.6 is 11.3 Å². The molecule has 3 aromatic rings. The van der Waals surface area contributed by atoms with Crippen LogP contribution in [0.1, 0.15) is 16.1 Å². The van der Waals surface area contributed by atoms with Crippen molar-refractivity contribution in [3.05, 3.63) is 70.4 Å². The summed E-state index contributed by atoms with van der Waals surface area (Å²) in [5.74, 6) is 0. The summed E-state index contributed by atoms with van der Waals surface area (Å²) < 4.78 is 1.97. The Morgan fingerprint density at radius 1 is 1.10 bits per heavy atom. The van der Waals surface area contributed by atoms with E-state index in [1.54, 1.807) is 11.3 Å². The number of thiazole rings is 1. The van der Waals surface area contributed by atoms with Crippen LogP contribution in [0.25, 0.3) is 0 Å². The van der Waals surface area contributed by atoms with Crippen molar-refractivity contribution in [2.75, 3.05) is 0 Å². The summed E-state index contributed by atoms with van der Waals surface area (Å²) in [7, 11) is 0. The molecule has 20 heavy (non-hydrogen) atoms. The van der Waals surface area contributed by atoms with E-state index in [4.69, 9.17) is 0 Å². The van der Waals surface area contributed by atoms with E-state index in [0.29, 0.717) is 0 Å². The lowest BCUT2D eigenvalue weighted by molar-refractivity contribution is 0.676. The molecule has 0 aliphatic rings. The molecule has 0 bridgehead atoms. The van der Waals surface area contributed by atoms with Gasteiger partial charge < -0.3 is 5.32 Å². The summed E-state index contributed by atoms with van der Waals surface area (Å²) in [4.78, 5) is 4.24. The third-order valence-corrected chi connectivity index (χ3v) is 3.74. The van der Waals surface area contributed by atoms with E-state index in [1.165, 1.54) is 11.1 Å². The maximum Gasteiger partial charge on any atom is 0.106 e. The van der Waals surface area contributed by atoms with Crippen LogP contribution in [0.5, 0.6) is 0 Å². The second-order valence-electron chi connectivity index (χ2n) is 4.56. The highest BCUT2D eigenvalue weighted by Crippen LogP contribution is 2.05. The molecule has 0 aliphatic heterocycles. The number of benzene rings is 1. The van der Waals surface area contributed by atoms with Gasteiger partial charge in [0.15, 0.2) is 0 Å². The molecular weight excluding hydrogens is 268 g/mol. The Labute approximate surface area is 122 Å². The van der Waals surface area contributed by atoms with E-state index >= 15 is 0 Å². The lowest BCUT2D eigenvalue weighted by Crippen LogP contribution is -2.11. The lowest BCUT2D eigenvalue weighted by Gasteiger charge is -2.01. The molecule has 4 nitrogen and oxygen atoms in total. The van der Waals surface area contributed by atoms with Crippen LogP contribution in [0.15, 0.2) is 54.3 Å². The fraction of sp³-hybridized carbons (Fsp3) is 0.200. The second kappa shape index (κ2) is 6.45. The molecule has 1 N–H and O–H groups in total. The van der Waals surface area contributed by atoms with Crippen molar-refractivity contribution in [3.63, 3.8) is 0 Å². The molecule has 0 spiro atoms. The summed E-state index contributed by atoms with van der Waals surface area (Å²) >= 11 is 1.67. The van der Waals surface area contributed by atoms with E-state index in [9.17, 15) is 0 Å². The van der Waals surface area contributed by atoms with Crippen LogP contribution in [0.2, 0.25) is 0 Å². The van der Waals surface area contributed by atoms with E-state index in [0.717, 1.165) is 24.6 Å². The number of aromatic nitrogens is 3. The average molecular weight is 284 g/mol. The second-order valence-corrected chi connectivity index (χ2v) is 5.54. The van der Waals surface area contributed by atoms with Gasteiger partial charge in [-0.25, -0.2) is 4.98 Å². The summed E-state index contributed by atoms with van der Waals surface area (Å²) in [6.45, 7) is 2.43. The first kappa shape index (κ1) is 13.0. The molecule has 0 atom stereocenters. The molecule has 5 heteroatoms. The summed E-state index contributed by atoms with van der Waals surface area (Å²) in [5, 5.41) is 10.9. The first-order chi connectivity index (χ1) is 9.90. The monoisotopic (exact) mass is 284 g/mol. The minimum Gasteiger partial charge on any atom is -0.306 e. The Hall–Kier alpha value is -1.98. The van der Waals surface area contributed by atoms with Crippen molar-refractivity contribution in [1.82, 2.24) is 20.1 Å². The number of nitrogens with one attached hydrogen (secondary N) is 1. The quantitative estimate of drug-likeness (QED) is 0.757. The molecule has 0 saturated heterocycles. The number of hydrogen-bond donors (Lipinski definition) is 1. The average Bonchev–Trinajstić information content (AvgIpc) is 3.12. The predicted octanol–water partition coefficient (Wildman–Crippen LogP) is 2.68. The first-order valence-electron chi connectivity index (χ1n) is 6.54. The summed E-state index contributed by atoms with van der Waals surface area (Å²) in [5.41, 5.74) is 2.45. The molecule has 2 heterocycles. The minimum absolute atomic E-state index is 0.807. The predicted molar refractivity (Wildman–Crippen MR) is 80.4 cm³/mol. The molecule has 0 unspecified atom stereocenters. The van der Waals surface area contributed by atoms with Gasteiger partial charge in [0.1, 0.15) is 5.01 Å². The Morgan fingerprint density at radius 3 is 2.80 bits per heavy atom. The summed E-state index contributed by atoms with van der Waals surface area (Å²) in [6.07, 6.45) is 5.83. The number of rotatable bonds is 6. The van der Waals surface area contributed by atoms with E-state index in [2.05, 4.69) is 45.9 Å². The van der Waals surface area contributed by atoms with E-state index < -0.39 is 0 Å². The Balaban J connectivity index is 1.52. The van der Waals surface area contributed by atoms with Crippen molar-refractivity contribution in [2.24, 2.45) is 0 Å². The van der Waals surface area contributed by atoms with Crippen LogP contribution < -0.4 is 5.32 Å². The summed E-state index contributed by atoms with van der Waals surface area (Å²) in [6, 6.07) is 10.4. The largest absolute Gasteiger partial charge is 0.306 e. The Kier molecular flexibility index (Phi) is 4.20. The normalized spacial score (nSPS) is 10.8. The number of nitrogens with zero attached hydrogens (tertiary/aromatic N) is 3. The Morgan fingerprint density at radius 2 is 2.00 bits per heavy atom. The molecule has 102 valence electrons. The molecule has 0 amide bonds. The first-order valence-corrected chi connectivity index (χ1v) is 7.42. The van der Waals surface area contributed by atoms with E-state index in [1.807, 2.05) is 28.5 Å². The highest BCUT2D eigenvalue weighted by atomic mass is 32.1. The zero-order valence-electron chi connectivity index (χ0n) is 11.1. The fourth-order valence-corrected chi connectivity index (χ4v) is 2.59. The van der Waals surface area contributed by atoms with Gasteiger partial charge in [-0.3, -0.25) is 4.68 Å². The fourth-order valence-electron chi connectivity index (χ4n) is 2.01. The molecular formula is C15H16N4S. The lowest BCUT2D eigenvalue weighted by atomic mass is 10.2. The van der Waals surface area contributed by atoms with Gasteiger partial charge in [0, 0.05) is 36.4 Å². The third-order valence-electron chi connectivity index (χ3n) is 2.96.